The van der Waals surface area contributed by atoms with Crippen LogP contribution < -0.4 is 9.91 Å². The Labute approximate surface area is 227 Å². The molecule has 3 aliphatic heterocycles. The van der Waals surface area contributed by atoms with Crippen molar-refractivity contribution in [3.63, 3.8) is 0 Å². The summed E-state index contributed by atoms with van der Waals surface area (Å²) in [6, 6.07) is 4.31. The van der Waals surface area contributed by atoms with E-state index in [-0.39, 0.29) is 40.3 Å². The summed E-state index contributed by atoms with van der Waals surface area (Å²) in [7, 11) is 3.47. The lowest BCUT2D eigenvalue weighted by molar-refractivity contribution is -0.137. The maximum Gasteiger partial charge on any atom is 0.416 e. The molecular weight excluding hydrogens is 540 g/mol. The molecule has 0 N–H and O–H groups in total. The van der Waals surface area contributed by atoms with Crippen LogP contribution in [-0.4, -0.2) is 78.6 Å². The largest absolute Gasteiger partial charge is 0.416 e. The number of benzene rings is 1. The predicted octanol–water partition coefficient (Wildman–Crippen LogP) is 3.82. The molecule has 3 unspecified atom stereocenters. The highest BCUT2D eigenvalue weighted by atomic mass is 35.5. The Balaban J connectivity index is 1.47. The normalized spacial score (nSPS) is 23.3. The fraction of sp³-hybridized carbons (Fsp3) is 0.462. The zero-order valence-electron chi connectivity index (χ0n) is 21.5. The number of hydrazone groups is 1. The smallest absolute Gasteiger partial charge is 0.337 e. The first-order valence-electron chi connectivity index (χ1n) is 12.4. The van der Waals surface area contributed by atoms with Gasteiger partial charge in [-0.2, -0.15) is 18.3 Å². The first-order valence-corrected chi connectivity index (χ1v) is 12.8. The number of halogens is 5. The Morgan fingerprint density at radius 3 is 2.36 bits per heavy atom. The van der Waals surface area contributed by atoms with Crippen LogP contribution in [0.2, 0.25) is 5.02 Å². The average molecular weight is 567 g/mol. The van der Waals surface area contributed by atoms with Crippen LogP contribution in [0, 0.1) is 24.6 Å². The first kappa shape index (κ1) is 27.3. The molecule has 0 radical (unpaired) electrons. The zero-order chi connectivity index (χ0) is 28.2. The van der Waals surface area contributed by atoms with Gasteiger partial charge in [-0.15, -0.1) is 0 Å². The third kappa shape index (κ3) is 5.31. The molecule has 1 aromatic carbocycles. The lowest BCUT2D eigenvalue weighted by Crippen LogP contribution is -2.44. The molecule has 2 amide bonds. The Morgan fingerprint density at radius 2 is 1.74 bits per heavy atom. The van der Waals surface area contributed by atoms with Gasteiger partial charge in [0, 0.05) is 51.0 Å². The fourth-order valence-corrected chi connectivity index (χ4v) is 5.77. The van der Waals surface area contributed by atoms with Crippen LogP contribution in [0.1, 0.15) is 17.7 Å². The fourth-order valence-electron chi connectivity index (χ4n) is 5.60. The summed E-state index contributed by atoms with van der Waals surface area (Å²) < 4.78 is 54.5. The number of likely N-dealkylation sites (tertiary alicyclic amines) is 2. The molecule has 2 aromatic rings. The van der Waals surface area contributed by atoms with Crippen molar-refractivity contribution in [3.8, 4) is 0 Å². The van der Waals surface area contributed by atoms with Crippen molar-refractivity contribution in [2.24, 2.45) is 16.9 Å². The summed E-state index contributed by atoms with van der Waals surface area (Å²) in [4.78, 5) is 36.5. The number of hydrogen-bond donors (Lipinski definition) is 0. The lowest BCUT2D eigenvalue weighted by atomic mass is 10.0. The summed E-state index contributed by atoms with van der Waals surface area (Å²) in [6.07, 6.45) is -4.77. The Morgan fingerprint density at radius 1 is 1.08 bits per heavy atom. The molecule has 2 fully saturated rings. The van der Waals surface area contributed by atoms with Crippen LogP contribution in [0.4, 0.5) is 29.1 Å². The number of carbonyl (C=O) groups is 2. The maximum absolute atomic E-state index is 13.7. The molecule has 4 heterocycles. The Kier molecular flexibility index (Phi) is 7.04. The average Bonchev–Trinajstić information content (AvgIpc) is 3.56. The summed E-state index contributed by atoms with van der Waals surface area (Å²) in [6.45, 7) is 4.29. The highest BCUT2D eigenvalue weighted by Crippen LogP contribution is 2.35. The van der Waals surface area contributed by atoms with Crippen LogP contribution in [0.5, 0.6) is 0 Å². The molecule has 208 valence electrons. The van der Waals surface area contributed by atoms with Gasteiger partial charge in [-0.25, -0.2) is 14.4 Å². The second-order valence-electron chi connectivity index (χ2n) is 10.4. The summed E-state index contributed by atoms with van der Waals surface area (Å²) >= 11 is 5.90. The summed E-state index contributed by atoms with van der Waals surface area (Å²) in [5.41, 5.74) is -0.516. The minimum absolute atomic E-state index is 0.0732. The Bertz CT molecular complexity index is 1340. The monoisotopic (exact) mass is 566 g/mol. The predicted molar refractivity (Wildman–Crippen MR) is 138 cm³/mol. The third-order valence-corrected chi connectivity index (χ3v) is 7.81. The maximum atomic E-state index is 13.7. The highest BCUT2D eigenvalue weighted by Gasteiger charge is 2.45. The molecule has 0 aliphatic carbocycles. The van der Waals surface area contributed by atoms with E-state index in [9.17, 15) is 27.2 Å². The SMILES string of the molecule is Cc1cc(C(F)(F)F)cc(N2N=C(C(=O)N3CC4CN(C)CC4C3)CC2C(=O)N(C)c2ccc(F)c(Cl)c2)n1. The van der Waals surface area contributed by atoms with Gasteiger partial charge in [0.05, 0.1) is 10.6 Å². The standard InChI is InChI=1S/C26H27ClF4N6O2/c1-14-6-17(26(29,30)31)7-23(32-14)37-22(25(39)35(3)18-4-5-20(28)19(27)8-18)9-21(33-37)24(38)36-12-15-10-34(2)11-16(15)13-36/h4-8,15-16,22H,9-13H2,1-3H3. The van der Waals surface area contributed by atoms with E-state index in [2.05, 4.69) is 15.0 Å². The molecule has 1 aromatic heterocycles. The van der Waals surface area contributed by atoms with Crippen molar-refractivity contribution >= 4 is 40.6 Å². The van der Waals surface area contributed by atoms with Crippen molar-refractivity contribution in [1.29, 1.82) is 0 Å². The number of aromatic nitrogens is 1. The molecule has 3 aliphatic rings. The number of pyridine rings is 1. The number of amides is 2. The summed E-state index contributed by atoms with van der Waals surface area (Å²) in [5.74, 6) is -1.09. The van der Waals surface area contributed by atoms with Crippen LogP contribution in [0.3, 0.4) is 0 Å². The van der Waals surface area contributed by atoms with Crippen molar-refractivity contribution in [2.75, 3.05) is 50.2 Å². The van der Waals surface area contributed by atoms with E-state index in [1.807, 2.05) is 7.05 Å². The number of carbonyl (C=O) groups excluding carboxylic acids is 2. The highest BCUT2D eigenvalue weighted by molar-refractivity contribution is 6.40. The van der Waals surface area contributed by atoms with Crippen LogP contribution in [0.25, 0.3) is 0 Å². The van der Waals surface area contributed by atoms with Crippen LogP contribution in [-0.2, 0) is 15.8 Å². The van der Waals surface area contributed by atoms with Gasteiger partial charge < -0.3 is 14.7 Å². The van der Waals surface area contributed by atoms with E-state index in [1.54, 1.807) is 4.90 Å². The molecule has 5 rings (SSSR count). The van der Waals surface area contributed by atoms with Crippen molar-refractivity contribution < 1.29 is 27.2 Å². The van der Waals surface area contributed by atoms with Crippen molar-refractivity contribution in [3.05, 3.63) is 52.4 Å². The summed E-state index contributed by atoms with van der Waals surface area (Å²) in [5, 5.41) is 5.27. The third-order valence-electron chi connectivity index (χ3n) is 7.52. The number of hydrogen-bond acceptors (Lipinski definition) is 6. The van der Waals surface area contributed by atoms with E-state index in [0.29, 0.717) is 24.9 Å². The van der Waals surface area contributed by atoms with E-state index in [4.69, 9.17) is 11.6 Å². The number of nitrogens with zero attached hydrogens (tertiary/aromatic N) is 6. The molecule has 0 spiro atoms. The van der Waals surface area contributed by atoms with Gasteiger partial charge >= 0.3 is 6.18 Å². The minimum atomic E-state index is -4.65. The molecule has 8 nitrogen and oxygen atoms in total. The van der Waals surface area contributed by atoms with Gasteiger partial charge in [-0.3, -0.25) is 9.59 Å². The van der Waals surface area contributed by atoms with Gasteiger partial charge in [0.1, 0.15) is 23.4 Å². The number of rotatable bonds is 4. The van der Waals surface area contributed by atoms with Crippen molar-refractivity contribution in [2.45, 2.75) is 25.6 Å². The number of likely N-dealkylation sites (N-methyl/N-ethyl adjacent to an activating group) is 1. The second kappa shape index (κ2) is 10.1. The van der Waals surface area contributed by atoms with Gasteiger partial charge in [0.25, 0.3) is 11.8 Å². The quantitative estimate of drug-likeness (QED) is 0.526. The first-order chi connectivity index (χ1) is 18.3. The molecule has 3 atom stereocenters. The topological polar surface area (TPSA) is 72.4 Å². The molecular formula is C26H27ClF4N6O2. The van der Waals surface area contributed by atoms with Gasteiger partial charge in [0.2, 0.25) is 0 Å². The molecule has 39 heavy (non-hydrogen) atoms. The molecule has 0 saturated carbocycles. The lowest BCUT2D eigenvalue weighted by Gasteiger charge is -2.27. The second-order valence-corrected chi connectivity index (χ2v) is 10.8. The Hall–Kier alpha value is -3.25. The van der Waals surface area contributed by atoms with Crippen molar-refractivity contribution in [1.82, 2.24) is 14.8 Å². The van der Waals surface area contributed by atoms with E-state index in [1.165, 1.54) is 31.0 Å². The number of aryl methyl sites for hydroxylation is 1. The van der Waals surface area contributed by atoms with Crippen LogP contribution >= 0.6 is 11.6 Å². The molecule has 13 heteroatoms. The van der Waals surface area contributed by atoms with Gasteiger partial charge in [0.15, 0.2) is 0 Å². The number of alkyl halides is 3. The van der Waals surface area contributed by atoms with E-state index < -0.39 is 29.5 Å². The van der Waals surface area contributed by atoms with Gasteiger partial charge in [-0.05, 0) is 56.1 Å². The van der Waals surface area contributed by atoms with E-state index >= 15 is 0 Å². The number of fused-ring (bicyclic) bond motifs is 1. The van der Waals surface area contributed by atoms with Crippen LogP contribution in [0.15, 0.2) is 35.4 Å². The van der Waals surface area contributed by atoms with E-state index in [0.717, 1.165) is 36.3 Å². The molecule has 0 bridgehead atoms. The minimum Gasteiger partial charge on any atom is -0.337 e. The zero-order valence-corrected chi connectivity index (χ0v) is 22.3. The molecule has 2 saturated heterocycles. The number of anilines is 2. The van der Waals surface area contributed by atoms with Gasteiger partial charge in [-0.1, -0.05) is 11.6 Å².